The van der Waals surface area contributed by atoms with Gasteiger partial charge in [-0.2, -0.15) is 0 Å². The number of rotatable bonds is 3. The highest BCUT2D eigenvalue weighted by atomic mass is 35.5. The van der Waals surface area contributed by atoms with E-state index in [4.69, 9.17) is 11.6 Å². The summed E-state index contributed by atoms with van der Waals surface area (Å²) >= 11 is 5.95. The third kappa shape index (κ3) is 3.21. The van der Waals surface area contributed by atoms with E-state index in [1.54, 1.807) is 18.2 Å². The molecule has 0 bridgehead atoms. The van der Waals surface area contributed by atoms with Crippen LogP contribution in [0.25, 0.3) is 0 Å². The molecule has 0 fully saturated rings. The first kappa shape index (κ1) is 15.9. The first-order valence-corrected chi connectivity index (χ1v) is 7.50. The molecule has 0 aromatic heterocycles. The summed E-state index contributed by atoms with van der Waals surface area (Å²) in [5.74, 6) is -0.494. The molecular formula is C16H12ClN3O4. The van der Waals surface area contributed by atoms with Crippen molar-refractivity contribution in [1.82, 2.24) is 0 Å². The van der Waals surface area contributed by atoms with Crippen LogP contribution in [-0.4, -0.2) is 16.7 Å². The van der Waals surface area contributed by atoms with Crippen LogP contribution in [0.4, 0.5) is 17.1 Å². The predicted molar refractivity (Wildman–Crippen MR) is 89.5 cm³/mol. The molecule has 1 aliphatic heterocycles. The molecule has 0 radical (unpaired) electrons. The lowest BCUT2D eigenvalue weighted by atomic mass is 10.0. The average molecular weight is 346 g/mol. The Kier molecular flexibility index (Phi) is 4.18. The maximum atomic E-state index is 12.3. The molecule has 3 rings (SSSR count). The minimum absolute atomic E-state index is 0.00641. The highest BCUT2D eigenvalue weighted by Gasteiger charge is 2.17. The molecule has 7 nitrogen and oxygen atoms in total. The number of benzene rings is 2. The fourth-order valence-corrected chi connectivity index (χ4v) is 2.72. The van der Waals surface area contributed by atoms with Crippen molar-refractivity contribution >= 4 is 40.5 Å². The number of carbonyl (C=O) groups excluding carboxylic acids is 2. The van der Waals surface area contributed by atoms with E-state index in [-0.39, 0.29) is 22.2 Å². The summed E-state index contributed by atoms with van der Waals surface area (Å²) in [5.41, 5.74) is 2.19. The van der Waals surface area contributed by atoms with Crippen molar-refractivity contribution in [2.24, 2.45) is 0 Å². The van der Waals surface area contributed by atoms with E-state index >= 15 is 0 Å². The van der Waals surface area contributed by atoms with Crippen LogP contribution in [0.2, 0.25) is 5.02 Å². The van der Waals surface area contributed by atoms with Crippen LogP contribution in [0.1, 0.15) is 22.3 Å². The molecule has 2 aromatic rings. The highest BCUT2D eigenvalue weighted by molar-refractivity contribution is 6.34. The van der Waals surface area contributed by atoms with E-state index in [0.29, 0.717) is 18.5 Å². The zero-order chi connectivity index (χ0) is 17.3. The Balaban J connectivity index is 1.80. The largest absolute Gasteiger partial charge is 0.326 e. The van der Waals surface area contributed by atoms with Gasteiger partial charge in [0.15, 0.2) is 0 Å². The van der Waals surface area contributed by atoms with Gasteiger partial charge >= 0.3 is 0 Å². The number of hydrogen-bond donors (Lipinski definition) is 2. The second kappa shape index (κ2) is 6.29. The lowest BCUT2D eigenvalue weighted by Crippen LogP contribution is -2.19. The monoisotopic (exact) mass is 345 g/mol. The van der Waals surface area contributed by atoms with Crippen LogP contribution in [0, 0.1) is 10.1 Å². The van der Waals surface area contributed by atoms with Gasteiger partial charge in [0, 0.05) is 29.9 Å². The molecule has 8 heteroatoms. The Morgan fingerprint density at radius 2 is 2.00 bits per heavy atom. The number of fused-ring (bicyclic) bond motifs is 1. The molecule has 0 atom stereocenters. The normalized spacial score (nSPS) is 13.0. The first-order valence-electron chi connectivity index (χ1n) is 7.12. The van der Waals surface area contributed by atoms with Gasteiger partial charge in [0.2, 0.25) is 5.91 Å². The quantitative estimate of drug-likeness (QED) is 0.657. The number of anilines is 2. The zero-order valence-electron chi connectivity index (χ0n) is 12.3. The van der Waals surface area contributed by atoms with Crippen molar-refractivity contribution < 1.29 is 14.5 Å². The maximum absolute atomic E-state index is 12.3. The molecule has 0 saturated carbocycles. The molecule has 0 spiro atoms. The second-order valence-electron chi connectivity index (χ2n) is 5.30. The third-order valence-electron chi connectivity index (χ3n) is 3.67. The van der Waals surface area contributed by atoms with E-state index in [1.165, 1.54) is 12.1 Å². The SMILES string of the molecule is O=C1CCc2cc(NC(=O)c3ccc([N+](=O)[O-])cc3Cl)ccc2N1. The lowest BCUT2D eigenvalue weighted by Gasteiger charge is -2.17. The number of carbonyl (C=O) groups is 2. The molecule has 0 aliphatic carbocycles. The average Bonchev–Trinajstić information content (AvgIpc) is 2.54. The second-order valence-corrected chi connectivity index (χ2v) is 5.70. The highest BCUT2D eigenvalue weighted by Crippen LogP contribution is 2.27. The topological polar surface area (TPSA) is 101 Å². The van der Waals surface area contributed by atoms with Crippen molar-refractivity contribution in [3.8, 4) is 0 Å². The molecule has 0 unspecified atom stereocenters. The number of nitro benzene ring substituents is 1. The van der Waals surface area contributed by atoms with E-state index < -0.39 is 10.8 Å². The molecule has 1 aliphatic rings. The van der Waals surface area contributed by atoms with Gasteiger partial charge in [-0.3, -0.25) is 19.7 Å². The van der Waals surface area contributed by atoms with Crippen LogP contribution < -0.4 is 10.6 Å². The Labute approximate surface area is 141 Å². The third-order valence-corrected chi connectivity index (χ3v) is 3.98. The number of aryl methyl sites for hydroxylation is 1. The van der Waals surface area contributed by atoms with Crippen molar-refractivity contribution in [3.63, 3.8) is 0 Å². The van der Waals surface area contributed by atoms with Crippen molar-refractivity contribution in [2.75, 3.05) is 10.6 Å². The van der Waals surface area contributed by atoms with Gasteiger partial charge in [-0.05, 0) is 36.2 Å². The Hall–Kier alpha value is -2.93. The van der Waals surface area contributed by atoms with Crippen LogP contribution in [0.5, 0.6) is 0 Å². The van der Waals surface area contributed by atoms with Crippen molar-refractivity contribution in [3.05, 3.63) is 62.7 Å². The van der Waals surface area contributed by atoms with Gasteiger partial charge in [-0.1, -0.05) is 11.6 Å². The molecular weight excluding hydrogens is 334 g/mol. The zero-order valence-corrected chi connectivity index (χ0v) is 13.1. The van der Waals surface area contributed by atoms with Crippen LogP contribution in [-0.2, 0) is 11.2 Å². The fraction of sp³-hybridized carbons (Fsp3) is 0.125. The van der Waals surface area contributed by atoms with Gasteiger partial charge in [-0.25, -0.2) is 0 Å². The van der Waals surface area contributed by atoms with E-state index in [1.807, 2.05) is 0 Å². The summed E-state index contributed by atoms with van der Waals surface area (Å²) in [6, 6.07) is 8.85. The molecule has 24 heavy (non-hydrogen) atoms. The number of nitro groups is 1. The van der Waals surface area contributed by atoms with Crippen molar-refractivity contribution in [1.29, 1.82) is 0 Å². The molecule has 0 saturated heterocycles. The van der Waals surface area contributed by atoms with E-state index in [9.17, 15) is 19.7 Å². The maximum Gasteiger partial charge on any atom is 0.270 e. The van der Waals surface area contributed by atoms with Crippen LogP contribution in [0.3, 0.4) is 0 Å². The smallest absolute Gasteiger partial charge is 0.270 e. The minimum atomic E-state index is -0.578. The number of nitrogens with zero attached hydrogens (tertiary/aromatic N) is 1. The lowest BCUT2D eigenvalue weighted by molar-refractivity contribution is -0.384. The number of amides is 2. The molecule has 2 amide bonds. The number of nitrogens with one attached hydrogen (secondary N) is 2. The Morgan fingerprint density at radius 3 is 2.71 bits per heavy atom. The van der Waals surface area contributed by atoms with Gasteiger partial charge in [0.25, 0.3) is 11.6 Å². The summed E-state index contributed by atoms with van der Waals surface area (Å²) in [6.07, 6.45) is 1.00. The predicted octanol–water partition coefficient (Wildman–Crippen LogP) is 3.39. The number of hydrogen-bond acceptors (Lipinski definition) is 4. The summed E-state index contributed by atoms with van der Waals surface area (Å²) in [4.78, 5) is 33.8. The van der Waals surface area contributed by atoms with Gasteiger partial charge in [0.05, 0.1) is 15.5 Å². The summed E-state index contributed by atoms with van der Waals surface area (Å²) in [6.45, 7) is 0. The number of non-ortho nitro benzene ring substituents is 1. The molecule has 2 N–H and O–H groups in total. The van der Waals surface area contributed by atoms with Gasteiger partial charge in [-0.15, -0.1) is 0 Å². The fourth-order valence-electron chi connectivity index (χ4n) is 2.46. The number of halogens is 1. The van der Waals surface area contributed by atoms with Crippen LogP contribution >= 0.6 is 11.6 Å². The molecule has 2 aromatic carbocycles. The minimum Gasteiger partial charge on any atom is -0.326 e. The summed E-state index contributed by atoms with van der Waals surface area (Å²) in [5, 5.41) is 16.2. The standard InChI is InChI=1S/C16H12ClN3O4/c17-13-8-11(20(23)24)3-4-12(13)16(22)18-10-2-5-14-9(7-10)1-6-15(21)19-14/h2-5,7-8H,1,6H2,(H,18,22)(H,19,21). The van der Waals surface area contributed by atoms with Gasteiger partial charge in [0.1, 0.15) is 0 Å². The molecule has 1 heterocycles. The summed E-state index contributed by atoms with van der Waals surface area (Å²) < 4.78 is 0. The van der Waals surface area contributed by atoms with E-state index in [2.05, 4.69) is 10.6 Å². The first-order chi connectivity index (χ1) is 11.4. The van der Waals surface area contributed by atoms with Crippen LogP contribution in [0.15, 0.2) is 36.4 Å². The van der Waals surface area contributed by atoms with E-state index in [0.717, 1.165) is 17.3 Å². The Morgan fingerprint density at radius 1 is 1.21 bits per heavy atom. The summed E-state index contributed by atoms with van der Waals surface area (Å²) in [7, 11) is 0. The van der Waals surface area contributed by atoms with Crippen molar-refractivity contribution in [2.45, 2.75) is 12.8 Å². The van der Waals surface area contributed by atoms with Gasteiger partial charge < -0.3 is 10.6 Å². The Bertz CT molecular complexity index is 866. The molecule has 122 valence electrons.